The van der Waals surface area contributed by atoms with Crippen LogP contribution in [0, 0.1) is 0 Å². The van der Waals surface area contributed by atoms with Crippen LogP contribution in [0.25, 0.3) is 0 Å². The second-order valence-corrected chi connectivity index (χ2v) is 8.84. The molecule has 1 aromatic carbocycles. The minimum absolute atomic E-state index is 0.265. The van der Waals surface area contributed by atoms with Gasteiger partial charge < -0.3 is 10.6 Å². The molecule has 0 heterocycles. The van der Waals surface area contributed by atoms with E-state index in [4.69, 9.17) is 0 Å². The lowest BCUT2D eigenvalue weighted by Gasteiger charge is -2.16. The molecule has 2 aliphatic rings. The molecule has 0 atom stereocenters. The summed E-state index contributed by atoms with van der Waals surface area (Å²) in [7, 11) is -3.81. The lowest BCUT2D eigenvalue weighted by atomic mass is 9.99. The Morgan fingerprint density at radius 1 is 1.12 bits per heavy atom. The van der Waals surface area contributed by atoms with Gasteiger partial charge in [0.25, 0.3) is 10.0 Å². The predicted molar refractivity (Wildman–Crippen MR) is 104 cm³/mol. The molecule has 0 fully saturated rings. The van der Waals surface area contributed by atoms with E-state index in [0.717, 1.165) is 49.6 Å². The first kappa shape index (κ1) is 18.9. The molecule has 0 aromatic heterocycles. The smallest absolute Gasteiger partial charge is 0.311 e. The fraction of sp³-hybridized carbons (Fsp3) is 0.526. The number of benzene rings is 1. The summed E-state index contributed by atoms with van der Waals surface area (Å²) in [4.78, 5) is 12.3. The van der Waals surface area contributed by atoms with E-state index in [0.29, 0.717) is 6.54 Å². The van der Waals surface area contributed by atoms with Crippen LogP contribution < -0.4 is 15.4 Å². The van der Waals surface area contributed by atoms with Crippen LogP contribution in [0.3, 0.4) is 0 Å². The van der Waals surface area contributed by atoms with E-state index in [-0.39, 0.29) is 6.04 Å². The van der Waals surface area contributed by atoms with E-state index in [1.54, 1.807) is 0 Å². The molecule has 3 rings (SSSR count). The molecular weight excluding hydrogens is 350 g/mol. The number of fused-ring (bicyclic) bond motifs is 2. The highest BCUT2D eigenvalue weighted by molar-refractivity contribution is 7.92. The Morgan fingerprint density at radius 3 is 2.31 bits per heavy atom. The molecule has 0 aliphatic heterocycles. The van der Waals surface area contributed by atoms with Crippen LogP contribution in [0.15, 0.2) is 17.6 Å². The zero-order valence-electron chi connectivity index (χ0n) is 15.4. The van der Waals surface area contributed by atoms with Gasteiger partial charge in [-0.15, -0.1) is 0 Å². The third kappa shape index (κ3) is 4.45. The minimum atomic E-state index is -3.81. The standard InChI is InChI=1S/C19H27N3O3S/c1-13(2)20-10-5-11-26(24,25)22-19(23)21-18-16-8-3-6-14(16)12-15-7-4-9-17(15)18/h5,11-13,20H,3-4,6-10H2,1-2H3,(H2,21,22,23). The van der Waals surface area contributed by atoms with Crippen molar-refractivity contribution in [1.82, 2.24) is 10.0 Å². The summed E-state index contributed by atoms with van der Waals surface area (Å²) in [5, 5.41) is 6.95. The fourth-order valence-electron chi connectivity index (χ4n) is 3.75. The van der Waals surface area contributed by atoms with Crippen LogP contribution in [0.1, 0.15) is 48.9 Å². The number of urea groups is 1. The van der Waals surface area contributed by atoms with Gasteiger partial charge in [0.15, 0.2) is 0 Å². The molecule has 0 saturated carbocycles. The molecule has 0 radical (unpaired) electrons. The van der Waals surface area contributed by atoms with Crippen molar-refractivity contribution in [2.45, 2.75) is 58.4 Å². The van der Waals surface area contributed by atoms with Gasteiger partial charge in [0.1, 0.15) is 0 Å². The Morgan fingerprint density at radius 2 is 1.73 bits per heavy atom. The highest BCUT2D eigenvalue weighted by Crippen LogP contribution is 2.38. The van der Waals surface area contributed by atoms with Crippen LogP contribution in [0.4, 0.5) is 10.5 Å². The Labute approximate surface area is 155 Å². The van der Waals surface area contributed by atoms with Gasteiger partial charge in [0, 0.05) is 23.7 Å². The highest BCUT2D eigenvalue weighted by Gasteiger charge is 2.25. The molecule has 0 bridgehead atoms. The van der Waals surface area contributed by atoms with Gasteiger partial charge in [-0.3, -0.25) is 0 Å². The monoisotopic (exact) mass is 377 g/mol. The third-order valence-electron chi connectivity index (χ3n) is 4.87. The van der Waals surface area contributed by atoms with Gasteiger partial charge in [0.2, 0.25) is 0 Å². The van der Waals surface area contributed by atoms with Crippen LogP contribution in [0.2, 0.25) is 0 Å². The second kappa shape index (κ2) is 7.80. The molecule has 1 aromatic rings. The van der Waals surface area contributed by atoms with Crippen LogP contribution in [-0.4, -0.2) is 27.0 Å². The lowest BCUT2D eigenvalue weighted by molar-refractivity contribution is 0.256. The molecule has 142 valence electrons. The SMILES string of the molecule is CC(C)NCC=CS(=O)(=O)NC(=O)Nc1c2c(cc3c1CCC3)CCC2. The van der Waals surface area contributed by atoms with Crippen molar-refractivity contribution in [3.63, 3.8) is 0 Å². The summed E-state index contributed by atoms with van der Waals surface area (Å²) in [6.07, 6.45) is 7.59. The molecule has 0 unspecified atom stereocenters. The third-order valence-corrected chi connectivity index (χ3v) is 5.89. The molecule has 2 aliphatic carbocycles. The Bertz CT molecular complexity index is 797. The molecule has 2 amide bonds. The van der Waals surface area contributed by atoms with Crippen LogP contribution in [0.5, 0.6) is 0 Å². The average Bonchev–Trinajstić information content (AvgIpc) is 3.19. The predicted octanol–water partition coefficient (Wildman–Crippen LogP) is 2.63. The number of rotatable bonds is 6. The van der Waals surface area contributed by atoms with Crippen molar-refractivity contribution < 1.29 is 13.2 Å². The number of carbonyl (C=O) groups is 1. The van der Waals surface area contributed by atoms with Gasteiger partial charge in [-0.2, -0.15) is 0 Å². The van der Waals surface area contributed by atoms with E-state index in [2.05, 4.69) is 21.4 Å². The largest absolute Gasteiger partial charge is 0.333 e. The van der Waals surface area contributed by atoms with E-state index in [1.165, 1.54) is 28.3 Å². The summed E-state index contributed by atoms with van der Waals surface area (Å²) < 4.78 is 26.2. The molecule has 6 nitrogen and oxygen atoms in total. The van der Waals surface area contributed by atoms with Crippen molar-refractivity contribution in [2.24, 2.45) is 0 Å². The number of anilines is 1. The van der Waals surface area contributed by atoms with Crippen molar-refractivity contribution in [3.05, 3.63) is 39.8 Å². The highest BCUT2D eigenvalue weighted by atomic mass is 32.2. The van der Waals surface area contributed by atoms with Gasteiger partial charge in [-0.05, 0) is 60.8 Å². The summed E-state index contributed by atoms with van der Waals surface area (Å²) in [6, 6.07) is 1.84. The topological polar surface area (TPSA) is 87.3 Å². The fourth-order valence-corrected chi connectivity index (χ4v) is 4.48. The van der Waals surface area contributed by atoms with E-state index >= 15 is 0 Å². The molecule has 7 heteroatoms. The van der Waals surface area contributed by atoms with Gasteiger partial charge >= 0.3 is 6.03 Å². The van der Waals surface area contributed by atoms with E-state index in [1.807, 2.05) is 13.8 Å². The minimum Gasteiger partial charge on any atom is -0.311 e. The molecule has 0 spiro atoms. The normalized spacial score (nSPS) is 16.1. The number of aryl methyl sites for hydroxylation is 2. The zero-order chi connectivity index (χ0) is 18.7. The van der Waals surface area contributed by atoms with Crippen LogP contribution in [-0.2, 0) is 35.7 Å². The first-order chi connectivity index (χ1) is 12.4. The summed E-state index contributed by atoms with van der Waals surface area (Å²) in [6.45, 7) is 4.38. The van der Waals surface area contributed by atoms with E-state index < -0.39 is 16.1 Å². The molecular formula is C19H27N3O3S. The van der Waals surface area contributed by atoms with Crippen LogP contribution >= 0.6 is 0 Å². The Kier molecular flexibility index (Phi) is 5.67. The molecule has 0 saturated heterocycles. The van der Waals surface area contributed by atoms with Gasteiger partial charge in [0.05, 0.1) is 0 Å². The van der Waals surface area contributed by atoms with Gasteiger partial charge in [-0.1, -0.05) is 26.0 Å². The first-order valence-electron chi connectivity index (χ1n) is 9.26. The number of hydrogen-bond acceptors (Lipinski definition) is 4. The number of amides is 2. The Hall–Kier alpha value is -1.86. The average molecular weight is 378 g/mol. The maximum absolute atomic E-state index is 12.3. The zero-order valence-corrected chi connectivity index (χ0v) is 16.2. The van der Waals surface area contributed by atoms with Crippen molar-refractivity contribution in [1.29, 1.82) is 0 Å². The van der Waals surface area contributed by atoms with Crippen molar-refractivity contribution in [2.75, 3.05) is 11.9 Å². The van der Waals surface area contributed by atoms with Crippen molar-refractivity contribution >= 4 is 21.7 Å². The number of nitrogens with one attached hydrogen (secondary N) is 3. The van der Waals surface area contributed by atoms with Crippen molar-refractivity contribution in [3.8, 4) is 0 Å². The maximum Gasteiger partial charge on any atom is 0.333 e. The molecule has 3 N–H and O–H groups in total. The maximum atomic E-state index is 12.3. The van der Waals surface area contributed by atoms with E-state index in [9.17, 15) is 13.2 Å². The quantitative estimate of drug-likeness (QED) is 0.711. The Balaban J connectivity index is 1.69. The van der Waals surface area contributed by atoms with Gasteiger partial charge in [-0.25, -0.2) is 17.9 Å². The first-order valence-corrected chi connectivity index (χ1v) is 10.8. The second-order valence-electron chi connectivity index (χ2n) is 7.27. The lowest BCUT2D eigenvalue weighted by Crippen LogP contribution is -2.34. The molecule has 26 heavy (non-hydrogen) atoms. The summed E-state index contributed by atoms with van der Waals surface area (Å²) in [5.74, 6) is 0. The number of hydrogen-bond donors (Lipinski definition) is 3. The summed E-state index contributed by atoms with van der Waals surface area (Å²) in [5.41, 5.74) is 5.78. The summed E-state index contributed by atoms with van der Waals surface area (Å²) >= 11 is 0. The number of sulfonamides is 1. The number of carbonyl (C=O) groups excluding carboxylic acids is 1.